The fourth-order valence-corrected chi connectivity index (χ4v) is 1.62. The van der Waals surface area contributed by atoms with Gasteiger partial charge >= 0.3 is 0 Å². The Morgan fingerprint density at radius 3 is 2.71 bits per heavy atom. The summed E-state index contributed by atoms with van der Waals surface area (Å²) in [5, 5.41) is 6.65. The number of thiazole rings is 1. The van der Waals surface area contributed by atoms with Crippen LogP contribution in [0.1, 0.15) is 32.7 Å². The summed E-state index contributed by atoms with van der Waals surface area (Å²) in [6.07, 6.45) is 1.86. The molecule has 0 aliphatic rings. The first kappa shape index (κ1) is 11.7. The Labute approximate surface area is 90.8 Å². The van der Waals surface area contributed by atoms with Gasteiger partial charge in [0.15, 0.2) is 0 Å². The van der Waals surface area contributed by atoms with Crippen LogP contribution in [-0.4, -0.2) is 11.5 Å². The molecular weight excluding hydrogens is 192 g/mol. The Morgan fingerprint density at radius 2 is 2.21 bits per heavy atom. The highest BCUT2D eigenvalue weighted by atomic mass is 32.1. The molecule has 0 spiro atoms. The number of hydrogen-bond donors (Lipinski definition) is 1. The first-order valence-corrected chi connectivity index (χ1v) is 5.99. The maximum Gasteiger partial charge on any atom is 0.106 e. The molecule has 0 bridgehead atoms. The van der Waals surface area contributed by atoms with Gasteiger partial charge in [-0.1, -0.05) is 27.7 Å². The molecule has 0 aromatic carbocycles. The van der Waals surface area contributed by atoms with Crippen LogP contribution in [-0.2, 0) is 6.54 Å². The molecule has 0 fully saturated rings. The van der Waals surface area contributed by atoms with E-state index in [2.05, 4.69) is 38.0 Å². The minimum Gasteiger partial charge on any atom is -0.310 e. The lowest BCUT2D eigenvalue weighted by Gasteiger charge is -2.29. The maximum atomic E-state index is 4.24. The number of hydrogen-bond acceptors (Lipinski definition) is 3. The van der Waals surface area contributed by atoms with E-state index in [1.807, 2.05) is 11.6 Å². The highest BCUT2D eigenvalue weighted by Crippen LogP contribution is 2.24. The SMILES string of the molecule is CC(C)C(C)(C)CNCc1nccs1. The summed E-state index contributed by atoms with van der Waals surface area (Å²) < 4.78 is 0. The molecule has 0 aliphatic heterocycles. The van der Waals surface area contributed by atoms with Crippen LogP contribution in [0.2, 0.25) is 0 Å². The van der Waals surface area contributed by atoms with Gasteiger partial charge in [0.05, 0.1) is 0 Å². The summed E-state index contributed by atoms with van der Waals surface area (Å²) in [7, 11) is 0. The summed E-state index contributed by atoms with van der Waals surface area (Å²) in [5.74, 6) is 0.700. The van der Waals surface area contributed by atoms with E-state index in [9.17, 15) is 0 Å². The van der Waals surface area contributed by atoms with Gasteiger partial charge in [0.1, 0.15) is 5.01 Å². The van der Waals surface area contributed by atoms with E-state index in [-0.39, 0.29) is 0 Å². The second-order valence-corrected chi connectivity index (χ2v) is 5.65. The first-order chi connectivity index (χ1) is 6.52. The summed E-state index contributed by atoms with van der Waals surface area (Å²) in [5.41, 5.74) is 0.358. The number of nitrogens with one attached hydrogen (secondary N) is 1. The Hall–Kier alpha value is -0.410. The maximum absolute atomic E-state index is 4.24. The lowest BCUT2D eigenvalue weighted by atomic mass is 9.81. The summed E-state index contributed by atoms with van der Waals surface area (Å²) in [6, 6.07) is 0. The van der Waals surface area contributed by atoms with Crippen molar-refractivity contribution in [2.75, 3.05) is 6.54 Å². The molecule has 14 heavy (non-hydrogen) atoms. The van der Waals surface area contributed by atoms with E-state index >= 15 is 0 Å². The van der Waals surface area contributed by atoms with E-state index < -0.39 is 0 Å². The second-order valence-electron chi connectivity index (χ2n) is 4.67. The number of nitrogens with zero attached hydrogens (tertiary/aromatic N) is 1. The molecule has 1 N–H and O–H groups in total. The molecule has 0 radical (unpaired) electrons. The molecule has 0 unspecified atom stereocenters. The molecule has 2 nitrogen and oxygen atoms in total. The van der Waals surface area contributed by atoms with E-state index in [1.165, 1.54) is 5.01 Å². The van der Waals surface area contributed by atoms with Crippen molar-refractivity contribution in [2.45, 2.75) is 34.2 Å². The number of rotatable bonds is 5. The van der Waals surface area contributed by atoms with Gasteiger partial charge in [0.25, 0.3) is 0 Å². The Kier molecular flexibility index (Phi) is 4.08. The minimum absolute atomic E-state index is 0.358. The normalized spacial score (nSPS) is 12.4. The van der Waals surface area contributed by atoms with Crippen molar-refractivity contribution in [1.82, 2.24) is 10.3 Å². The van der Waals surface area contributed by atoms with Crippen molar-refractivity contribution >= 4 is 11.3 Å². The molecule has 0 atom stereocenters. The first-order valence-electron chi connectivity index (χ1n) is 5.11. The molecule has 0 amide bonds. The lowest BCUT2D eigenvalue weighted by Crippen LogP contribution is -2.33. The van der Waals surface area contributed by atoms with Crippen LogP contribution in [0.4, 0.5) is 0 Å². The van der Waals surface area contributed by atoms with Crippen molar-refractivity contribution < 1.29 is 0 Å². The molecule has 1 rings (SSSR count). The van der Waals surface area contributed by atoms with E-state index in [4.69, 9.17) is 0 Å². The highest BCUT2D eigenvalue weighted by Gasteiger charge is 2.21. The summed E-state index contributed by atoms with van der Waals surface area (Å²) >= 11 is 1.71. The van der Waals surface area contributed by atoms with Gasteiger partial charge < -0.3 is 5.32 Å². The van der Waals surface area contributed by atoms with E-state index in [0.717, 1.165) is 13.1 Å². The number of aromatic nitrogens is 1. The minimum atomic E-state index is 0.358. The van der Waals surface area contributed by atoms with Crippen LogP contribution >= 0.6 is 11.3 Å². The van der Waals surface area contributed by atoms with Gasteiger partial charge in [-0.3, -0.25) is 0 Å². The highest BCUT2D eigenvalue weighted by molar-refractivity contribution is 7.09. The zero-order valence-corrected chi connectivity index (χ0v) is 10.3. The van der Waals surface area contributed by atoms with Gasteiger partial charge in [-0.2, -0.15) is 0 Å². The van der Waals surface area contributed by atoms with Crippen molar-refractivity contribution in [1.29, 1.82) is 0 Å². The van der Waals surface area contributed by atoms with Gasteiger partial charge in [-0.05, 0) is 11.3 Å². The zero-order chi connectivity index (χ0) is 10.6. The fourth-order valence-electron chi connectivity index (χ4n) is 1.04. The quantitative estimate of drug-likeness (QED) is 0.811. The van der Waals surface area contributed by atoms with Crippen molar-refractivity contribution in [2.24, 2.45) is 11.3 Å². The molecule has 1 aromatic heterocycles. The molecule has 1 heterocycles. The fraction of sp³-hybridized carbons (Fsp3) is 0.727. The van der Waals surface area contributed by atoms with Crippen LogP contribution in [0.5, 0.6) is 0 Å². The van der Waals surface area contributed by atoms with Crippen LogP contribution in [0.15, 0.2) is 11.6 Å². The van der Waals surface area contributed by atoms with Crippen LogP contribution < -0.4 is 5.32 Å². The van der Waals surface area contributed by atoms with Gasteiger partial charge in [-0.25, -0.2) is 4.98 Å². The van der Waals surface area contributed by atoms with Crippen LogP contribution in [0.3, 0.4) is 0 Å². The molecule has 0 saturated heterocycles. The predicted octanol–water partition coefficient (Wildman–Crippen LogP) is 2.91. The third kappa shape index (κ3) is 3.39. The van der Waals surface area contributed by atoms with Crippen molar-refractivity contribution in [3.63, 3.8) is 0 Å². The van der Waals surface area contributed by atoms with E-state index in [0.29, 0.717) is 11.3 Å². The van der Waals surface area contributed by atoms with Crippen LogP contribution in [0, 0.1) is 11.3 Å². The van der Waals surface area contributed by atoms with Crippen molar-refractivity contribution in [3.8, 4) is 0 Å². The monoisotopic (exact) mass is 212 g/mol. The van der Waals surface area contributed by atoms with Crippen molar-refractivity contribution in [3.05, 3.63) is 16.6 Å². The summed E-state index contributed by atoms with van der Waals surface area (Å²) in [6.45, 7) is 11.1. The largest absolute Gasteiger partial charge is 0.310 e. The van der Waals surface area contributed by atoms with Gasteiger partial charge in [0.2, 0.25) is 0 Å². The van der Waals surface area contributed by atoms with E-state index in [1.54, 1.807) is 11.3 Å². The van der Waals surface area contributed by atoms with Gasteiger partial charge in [0, 0.05) is 24.7 Å². The molecule has 80 valence electrons. The molecule has 1 aromatic rings. The zero-order valence-electron chi connectivity index (χ0n) is 9.50. The topological polar surface area (TPSA) is 24.9 Å². The molecular formula is C11H20N2S. The molecule has 3 heteroatoms. The molecule has 0 aliphatic carbocycles. The second kappa shape index (κ2) is 4.89. The third-order valence-corrected chi connectivity index (χ3v) is 3.68. The average Bonchev–Trinajstić information content (AvgIpc) is 2.56. The van der Waals surface area contributed by atoms with Gasteiger partial charge in [-0.15, -0.1) is 11.3 Å². The van der Waals surface area contributed by atoms with Crippen LogP contribution in [0.25, 0.3) is 0 Å². The Bertz CT molecular complexity index is 252. The smallest absolute Gasteiger partial charge is 0.106 e. The lowest BCUT2D eigenvalue weighted by molar-refractivity contribution is 0.238. The molecule has 0 saturated carbocycles. The third-order valence-electron chi connectivity index (χ3n) is 2.90. The Morgan fingerprint density at radius 1 is 1.50 bits per heavy atom. The standard InChI is InChI=1S/C11H20N2S/c1-9(2)11(3,4)8-12-7-10-13-5-6-14-10/h5-6,9,12H,7-8H2,1-4H3. The average molecular weight is 212 g/mol. The summed E-state index contributed by atoms with van der Waals surface area (Å²) in [4.78, 5) is 4.24. The Balaban J connectivity index is 2.28. The predicted molar refractivity (Wildman–Crippen MR) is 62.4 cm³/mol.